The second-order valence-corrected chi connectivity index (χ2v) is 8.63. The Morgan fingerprint density at radius 1 is 1.22 bits per heavy atom. The average molecular weight is 409 g/mol. The molecule has 8 heteroatoms. The predicted molar refractivity (Wildman–Crippen MR) is 105 cm³/mol. The van der Waals surface area contributed by atoms with E-state index in [1.54, 1.807) is 12.1 Å². The minimum atomic E-state index is -3.64. The summed E-state index contributed by atoms with van der Waals surface area (Å²) < 4.78 is 32.7. The number of ether oxygens (including phenoxy) is 1. The van der Waals surface area contributed by atoms with Gasteiger partial charge in [0.25, 0.3) is 5.91 Å². The van der Waals surface area contributed by atoms with Gasteiger partial charge in [-0.3, -0.25) is 4.79 Å². The van der Waals surface area contributed by atoms with Crippen LogP contribution in [-0.2, 0) is 14.8 Å². The topological polar surface area (TPSA) is 84.5 Å². The predicted octanol–water partition coefficient (Wildman–Crippen LogP) is 3.36. The number of benzene rings is 2. The summed E-state index contributed by atoms with van der Waals surface area (Å²) in [5.41, 5.74) is 1.85. The number of halogens is 1. The lowest BCUT2D eigenvalue weighted by Crippen LogP contribution is -2.31. The van der Waals surface area contributed by atoms with Crippen molar-refractivity contribution in [2.24, 2.45) is 0 Å². The van der Waals surface area contributed by atoms with E-state index in [1.807, 2.05) is 13.0 Å². The Morgan fingerprint density at radius 3 is 2.63 bits per heavy atom. The lowest BCUT2D eigenvalue weighted by molar-refractivity contribution is 0.102. The summed E-state index contributed by atoms with van der Waals surface area (Å²) in [5, 5.41) is 3.31. The lowest BCUT2D eigenvalue weighted by Gasteiger charge is -2.12. The van der Waals surface area contributed by atoms with Gasteiger partial charge in [0.15, 0.2) is 0 Å². The summed E-state index contributed by atoms with van der Waals surface area (Å²) in [6.45, 7) is 2.78. The van der Waals surface area contributed by atoms with Crippen molar-refractivity contribution in [3.05, 3.63) is 58.6 Å². The van der Waals surface area contributed by atoms with Crippen LogP contribution in [0.2, 0.25) is 5.02 Å². The largest absolute Gasteiger partial charge is 0.377 e. The first-order chi connectivity index (χ1) is 12.8. The van der Waals surface area contributed by atoms with Crippen molar-refractivity contribution in [1.82, 2.24) is 4.72 Å². The smallest absolute Gasteiger partial charge is 0.255 e. The number of hydrogen-bond donors (Lipinski definition) is 2. The number of amides is 1. The average Bonchev–Trinajstić information content (AvgIpc) is 3.17. The Balaban J connectivity index is 1.66. The number of anilines is 1. The molecule has 2 N–H and O–H groups in total. The van der Waals surface area contributed by atoms with E-state index in [0.29, 0.717) is 22.9 Å². The fraction of sp³-hybridized carbons (Fsp3) is 0.316. The highest BCUT2D eigenvalue weighted by atomic mass is 35.5. The van der Waals surface area contributed by atoms with Gasteiger partial charge in [0.1, 0.15) is 0 Å². The number of rotatable bonds is 6. The van der Waals surface area contributed by atoms with Crippen molar-refractivity contribution in [1.29, 1.82) is 0 Å². The SMILES string of the molecule is Cc1ccc(Cl)cc1NC(=O)c1ccc(S(=O)(=O)NCC2CCCO2)cc1. The van der Waals surface area contributed by atoms with Crippen LogP contribution >= 0.6 is 11.6 Å². The quantitative estimate of drug-likeness (QED) is 0.767. The van der Waals surface area contributed by atoms with Gasteiger partial charge in [-0.05, 0) is 61.7 Å². The van der Waals surface area contributed by atoms with Crippen molar-refractivity contribution >= 4 is 33.2 Å². The summed E-state index contributed by atoms with van der Waals surface area (Å²) in [5.74, 6) is -0.336. The molecule has 1 unspecified atom stereocenters. The van der Waals surface area contributed by atoms with Crippen molar-refractivity contribution in [3.63, 3.8) is 0 Å². The zero-order chi connectivity index (χ0) is 19.4. The third-order valence-electron chi connectivity index (χ3n) is 4.40. The molecule has 1 aliphatic heterocycles. The molecule has 0 spiro atoms. The molecular weight excluding hydrogens is 388 g/mol. The molecule has 1 aliphatic rings. The molecule has 1 heterocycles. The molecule has 1 saturated heterocycles. The minimum Gasteiger partial charge on any atom is -0.377 e. The summed E-state index contributed by atoms with van der Waals surface area (Å²) in [7, 11) is -3.64. The molecule has 3 rings (SSSR count). The first-order valence-electron chi connectivity index (χ1n) is 8.64. The van der Waals surface area contributed by atoms with E-state index in [0.717, 1.165) is 18.4 Å². The highest BCUT2D eigenvalue weighted by Crippen LogP contribution is 2.21. The molecular formula is C19H21ClN2O4S. The molecule has 1 atom stereocenters. The first-order valence-corrected chi connectivity index (χ1v) is 10.5. The fourth-order valence-electron chi connectivity index (χ4n) is 2.80. The fourth-order valence-corrected chi connectivity index (χ4v) is 4.04. The Bertz CT molecular complexity index is 923. The molecule has 6 nitrogen and oxygen atoms in total. The molecule has 1 amide bonds. The van der Waals surface area contributed by atoms with Crippen LogP contribution < -0.4 is 10.0 Å². The molecule has 27 heavy (non-hydrogen) atoms. The molecule has 2 aromatic rings. The van der Waals surface area contributed by atoms with Gasteiger partial charge < -0.3 is 10.1 Å². The van der Waals surface area contributed by atoms with Gasteiger partial charge in [-0.1, -0.05) is 17.7 Å². The van der Waals surface area contributed by atoms with Crippen LogP contribution in [0.3, 0.4) is 0 Å². The van der Waals surface area contributed by atoms with E-state index < -0.39 is 10.0 Å². The third kappa shape index (κ3) is 5.07. The minimum absolute atomic E-state index is 0.0780. The van der Waals surface area contributed by atoms with E-state index in [1.165, 1.54) is 24.3 Å². The molecule has 1 fully saturated rings. The maximum absolute atomic E-state index is 12.4. The van der Waals surface area contributed by atoms with E-state index in [4.69, 9.17) is 16.3 Å². The van der Waals surface area contributed by atoms with Crippen LogP contribution in [0.4, 0.5) is 5.69 Å². The maximum atomic E-state index is 12.4. The van der Waals surface area contributed by atoms with Gasteiger partial charge in [-0.2, -0.15) is 0 Å². The monoisotopic (exact) mass is 408 g/mol. The summed E-state index contributed by atoms with van der Waals surface area (Å²) >= 11 is 5.96. The standard InChI is InChI=1S/C19H21ClN2O4S/c1-13-4-7-15(20)11-18(13)22-19(23)14-5-8-17(9-6-14)27(24,25)21-12-16-3-2-10-26-16/h4-9,11,16,21H,2-3,10,12H2,1H3,(H,22,23). The van der Waals surface area contributed by atoms with Crippen molar-refractivity contribution in [2.75, 3.05) is 18.5 Å². The molecule has 2 aromatic carbocycles. The number of aryl methyl sites for hydroxylation is 1. The number of hydrogen-bond acceptors (Lipinski definition) is 4. The zero-order valence-corrected chi connectivity index (χ0v) is 16.4. The van der Waals surface area contributed by atoms with Crippen molar-refractivity contribution in [2.45, 2.75) is 30.8 Å². The van der Waals surface area contributed by atoms with Gasteiger partial charge >= 0.3 is 0 Å². The van der Waals surface area contributed by atoms with E-state index >= 15 is 0 Å². The van der Waals surface area contributed by atoms with Crippen LogP contribution in [0.25, 0.3) is 0 Å². The van der Waals surface area contributed by atoms with E-state index in [9.17, 15) is 13.2 Å². The summed E-state index contributed by atoms with van der Waals surface area (Å²) in [6, 6.07) is 11.0. The Morgan fingerprint density at radius 2 is 1.96 bits per heavy atom. The van der Waals surface area contributed by atoms with Gasteiger partial charge in [0.05, 0.1) is 11.0 Å². The number of nitrogens with one attached hydrogen (secondary N) is 2. The van der Waals surface area contributed by atoms with Crippen LogP contribution in [0.5, 0.6) is 0 Å². The lowest BCUT2D eigenvalue weighted by atomic mass is 10.1. The summed E-state index contributed by atoms with van der Waals surface area (Å²) in [4.78, 5) is 12.5. The zero-order valence-electron chi connectivity index (χ0n) is 14.9. The first kappa shape index (κ1) is 19.8. The highest BCUT2D eigenvalue weighted by Gasteiger charge is 2.20. The second kappa shape index (κ2) is 8.39. The van der Waals surface area contributed by atoms with Gasteiger partial charge in [0.2, 0.25) is 10.0 Å². The third-order valence-corrected chi connectivity index (χ3v) is 6.07. The van der Waals surface area contributed by atoms with Gasteiger partial charge in [-0.25, -0.2) is 13.1 Å². The normalized spacial score (nSPS) is 17.0. The van der Waals surface area contributed by atoms with Crippen LogP contribution in [-0.4, -0.2) is 33.6 Å². The van der Waals surface area contributed by atoms with Crippen LogP contribution in [0.1, 0.15) is 28.8 Å². The Hall–Kier alpha value is -1.93. The number of carbonyl (C=O) groups excluding carboxylic acids is 1. The molecule has 0 aliphatic carbocycles. The van der Waals surface area contributed by atoms with Crippen molar-refractivity contribution in [3.8, 4) is 0 Å². The maximum Gasteiger partial charge on any atom is 0.255 e. The number of sulfonamides is 1. The molecule has 144 valence electrons. The second-order valence-electron chi connectivity index (χ2n) is 6.42. The molecule has 0 aromatic heterocycles. The molecule has 0 bridgehead atoms. The van der Waals surface area contributed by atoms with E-state index in [2.05, 4.69) is 10.0 Å². The highest BCUT2D eigenvalue weighted by molar-refractivity contribution is 7.89. The summed E-state index contributed by atoms with van der Waals surface area (Å²) in [6.07, 6.45) is 1.72. The number of carbonyl (C=O) groups is 1. The van der Waals surface area contributed by atoms with E-state index in [-0.39, 0.29) is 23.5 Å². The van der Waals surface area contributed by atoms with Gasteiger partial charge in [-0.15, -0.1) is 0 Å². The van der Waals surface area contributed by atoms with Crippen molar-refractivity contribution < 1.29 is 17.9 Å². The van der Waals surface area contributed by atoms with Gasteiger partial charge in [0, 0.05) is 29.4 Å². The Kier molecular flexibility index (Phi) is 6.16. The Labute approximate surface area is 163 Å². The molecule has 0 saturated carbocycles. The van der Waals surface area contributed by atoms with Crippen LogP contribution in [0, 0.1) is 6.92 Å². The molecule has 0 radical (unpaired) electrons. The van der Waals surface area contributed by atoms with Crippen LogP contribution in [0.15, 0.2) is 47.4 Å².